The molecule has 1 saturated heterocycles. The molecule has 0 aromatic heterocycles. The normalized spacial score (nSPS) is 18.6. The van der Waals surface area contributed by atoms with Gasteiger partial charge >= 0.3 is 0 Å². The number of benzene rings is 1. The molecule has 1 fully saturated rings. The number of halogens is 1. The number of para-hydroxylation sites is 1. The van der Waals surface area contributed by atoms with E-state index in [0.29, 0.717) is 11.3 Å². The first-order valence-electron chi connectivity index (χ1n) is 5.62. The van der Waals surface area contributed by atoms with Crippen LogP contribution in [0.2, 0.25) is 0 Å². The number of nitrogens with zero attached hydrogens (tertiary/aromatic N) is 1. The molecule has 4 heteroatoms. The molecule has 0 amide bonds. The number of hydrogen-bond acceptors (Lipinski definition) is 3. The quantitative estimate of drug-likeness (QED) is 0.794. The molecule has 1 aromatic carbocycles. The zero-order valence-electron chi connectivity index (χ0n) is 9.41. The van der Waals surface area contributed by atoms with Gasteiger partial charge in [-0.3, -0.25) is 0 Å². The monoisotopic (exact) mass is 224 g/mol. The van der Waals surface area contributed by atoms with Crippen LogP contribution in [0.25, 0.3) is 0 Å². The van der Waals surface area contributed by atoms with E-state index in [0.717, 1.165) is 26.2 Å². The van der Waals surface area contributed by atoms with Gasteiger partial charge in [-0.05, 0) is 13.0 Å². The van der Waals surface area contributed by atoms with Crippen molar-refractivity contribution in [1.29, 1.82) is 0 Å². The number of piperazine rings is 1. The highest BCUT2D eigenvalue weighted by Gasteiger charge is 2.19. The number of anilines is 1. The summed E-state index contributed by atoms with van der Waals surface area (Å²) in [5.74, 6) is -0.250. The fraction of sp³-hybridized carbons (Fsp3) is 0.500. The molecule has 1 heterocycles. The van der Waals surface area contributed by atoms with Crippen LogP contribution in [0.4, 0.5) is 10.1 Å². The van der Waals surface area contributed by atoms with E-state index >= 15 is 0 Å². The van der Waals surface area contributed by atoms with Crippen LogP contribution in [-0.4, -0.2) is 31.3 Å². The molecular formula is C12H17FN2O. The summed E-state index contributed by atoms with van der Waals surface area (Å²) in [7, 11) is 0. The zero-order valence-corrected chi connectivity index (χ0v) is 9.41. The Kier molecular flexibility index (Phi) is 3.41. The molecule has 88 valence electrons. The van der Waals surface area contributed by atoms with Crippen molar-refractivity contribution in [3.05, 3.63) is 29.6 Å². The molecule has 1 aliphatic rings. The molecule has 1 aliphatic heterocycles. The summed E-state index contributed by atoms with van der Waals surface area (Å²) in [6, 6.07) is 4.87. The van der Waals surface area contributed by atoms with Crippen LogP contribution in [0.1, 0.15) is 18.6 Å². The van der Waals surface area contributed by atoms with E-state index in [1.807, 2.05) is 4.90 Å². The van der Waals surface area contributed by atoms with Gasteiger partial charge in [0.2, 0.25) is 0 Å². The number of rotatable bonds is 2. The van der Waals surface area contributed by atoms with Crippen LogP contribution in [0.15, 0.2) is 18.2 Å². The van der Waals surface area contributed by atoms with Crippen molar-refractivity contribution in [2.24, 2.45) is 0 Å². The number of hydrogen-bond donors (Lipinski definition) is 2. The third-order valence-corrected chi connectivity index (χ3v) is 2.90. The lowest BCUT2D eigenvalue weighted by molar-refractivity contribution is 0.199. The first-order valence-corrected chi connectivity index (χ1v) is 5.62. The highest BCUT2D eigenvalue weighted by Crippen LogP contribution is 2.29. The van der Waals surface area contributed by atoms with Crippen molar-refractivity contribution in [3.63, 3.8) is 0 Å². The fourth-order valence-corrected chi connectivity index (χ4v) is 2.09. The van der Waals surface area contributed by atoms with E-state index in [4.69, 9.17) is 0 Å². The van der Waals surface area contributed by atoms with E-state index < -0.39 is 6.10 Å². The highest BCUT2D eigenvalue weighted by molar-refractivity contribution is 5.56. The SMILES string of the molecule is CC(O)c1cccc(F)c1N1CCNCC1. The molecule has 2 rings (SSSR count). The predicted octanol–water partition coefficient (Wildman–Crippen LogP) is 1.29. The van der Waals surface area contributed by atoms with Gasteiger partial charge in [0.25, 0.3) is 0 Å². The van der Waals surface area contributed by atoms with Crippen LogP contribution in [0.3, 0.4) is 0 Å². The summed E-state index contributed by atoms with van der Waals surface area (Å²) in [6.07, 6.45) is -0.638. The number of nitrogens with one attached hydrogen (secondary N) is 1. The van der Waals surface area contributed by atoms with Crippen molar-refractivity contribution >= 4 is 5.69 Å². The largest absolute Gasteiger partial charge is 0.389 e. The predicted molar refractivity (Wildman–Crippen MR) is 62.1 cm³/mol. The maximum absolute atomic E-state index is 13.8. The smallest absolute Gasteiger partial charge is 0.146 e. The Morgan fingerprint density at radius 3 is 2.69 bits per heavy atom. The Morgan fingerprint density at radius 1 is 1.38 bits per heavy atom. The second kappa shape index (κ2) is 4.80. The average Bonchev–Trinajstić information content (AvgIpc) is 2.29. The lowest BCUT2D eigenvalue weighted by atomic mass is 10.1. The van der Waals surface area contributed by atoms with E-state index in [1.165, 1.54) is 6.07 Å². The van der Waals surface area contributed by atoms with Gasteiger partial charge < -0.3 is 15.3 Å². The zero-order chi connectivity index (χ0) is 11.5. The summed E-state index contributed by atoms with van der Waals surface area (Å²) in [5, 5.41) is 12.9. The first-order chi connectivity index (χ1) is 7.70. The Morgan fingerprint density at radius 2 is 2.06 bits per heavy atom. The lowest BCUT2D eigenvalue weighted by Crippen LogP contribution is -2.44. The minimum Gasteiger partial charge on any atom is -0.389 e. The van der Waals surface area contributed by atoms with Crippen molar-refractivity contribution in [1.82, 2.24) is 5.32 Å². The van der Waals surface area contributed by atoms with Crippen molar-refractivity contribution in [2.75, 3.05) is 31.1 Å². The summed E-state index contributed by atoms with van der Waals surface area (Å²) >= 11 is 0. The van der Waals surface area contributed by atoms with Gasteiger partial charge in [0, 0.05) is 31.7 Å². The van der Waals surface area contributed by atoms with Crippen molar-refractivity contribution in [2.45, 2.75) is 13.0 Å². The van der Waals surface area contributed by atoms with Gasteiger partial charge in [-0.15, -0.1) is 0 Å². The van der Waals surface area contributed by atoms with Crippen LogP contribution in [0.5, 0.6) is 0 Å². The van der Waals surface area contributed by atoms with Crippen LogP contribution < -0.4 is 10.2 Å². The summed E-state index contributed by atoms with van der Waals surface area (Å²) in [5.41, 5.74) is 1.22. The van der Waals surface area contributed by atoms with E-state index in [-0.39, 0.29) is 5.82 Å². The van der Waals surface area contributed by atoms with Crippen LogP contribution in [-0.2, 0) is 0 Å². The van der Waals surface area contributed by atoms with E-state index in [2.05, 4.69) is 5.32 Å². The van der Waals surface area contributed by atoms with Crippen molar-refractivity contribution in [3.8, 4) is 0 Å². The minimum atomic E-state index is -0.638. The van der Waals surface area contributed by atoms with Gasteiger partial charge in [-0.25, -0.2) is 4.39 Å². The molecule has 2 N–H and O–H groups in total. The molecule has 1 aromatic rings. The standard InChI is InChI=1S/C12H17FN2O/c1-9(16)10-3-2-4-11(13)12(10)15-7-5-14-6-8-15/h2-4,9,14,16H,5-8H2,1H3. The first kappa shape index (κ1) is 11.4. The molecule has 0 aliphatic carbocycles. The second-order valence-electron chi connectivity index (χ2n) is 4.09. The Labute approximate surface area is 94.9 Å². The van der Waals surface area contributed by atoms with E-state index in [1.54, 1.807) is 19.1 Å². The topological polar surface area (TPSA) is 35.5 Å². The molecule has 0 spiro atoms. The Balaban J connectivity index is 2.36. The third kappa shape index (κ3) is 2.18. The maximum atomic E-state index is 13.8. The maximum Gasteiger partial charge on any atom is 0.146 e. The Hall–Kier alpha value is -1.13. The number of aliphatic hydroxyl groups excluding tert-OH is 1. The molecular weight excluding hydrogens is 207 g/mol. The average molecular weight is 224 g/mol. The lowest BCUT2D eigenvalue weighted by Gasteiger charge is -2.31. The molecule has 1 unspecified atom stereocenters. The fourth-order valence-electron chi connectivity index (χ4n) is 2.09. The van der Waals surface area contributed by atoms with Gasteiger partial charge in [-0.2, -0.15) is 0 Å². The van der Waals surface area contributed by atoms with Gasteiger partial charge in [-0.1, -0.05) is 12.1 Å². The second-order valence-corrected chi connectivity index (χ2v) is 4.09. The van der Waals surface area contributed by atoms with Crippen LogP contribution >= 0.6 is 0 Å². The number of aliphatic hydroxyl groups is 1. The molecule has 0 bridgehead atoms. The summed E-state index contributed by atoms with van der Waals surface area (Å²) in [4.78, 5) is 1.99. The molecule has 0 saturated carbocycles. The molecule has 1 atom stereocenters. The molecule has 16 heavy (non-hydrogen) atoms. The third-order valence-electron chi connectivity index (χ3n) is 2.90. The van der Waals surface area contributed by atoms with Crippen molar-refractivity contribution < 1.29 is 9.50 Å². The summed E-state index contributed by atoms with van der Waals surface area (Å²) < 4.78 is 13.8. The molecule has 0 radical (unpaired) electrons. The van der Waals surface area contributed by atoms with Gasteiger partial charge in [0.1, 0.15) is 5.82 Å². The van der Waals surface area contributed by atoms with Gasteiger partial charge in [0.05, 0.1) is 11.8 Å². The minimum absolute atomic E-state index is 0.250. The molecule has 3 nitrogen and oxygen atoms in total. The van der Waals surface area contributed by atoms with E-state index in [9.17, 15) is 9.50 Å². The Bertz CT molecular complexity index is 362. The van der Waals surface area contributed by atoms with Gasteiger partial charge in [0.15, 0.2) is 0 Å². The van der Waals surface area contributed by atoms with Crippen LogP contribution in [0, 0.1) is 5.82 Å². The summed E-state index contributed by atoms with van der Waals surface area (Å²) in [6.45, 7) is 4.93. The highest BCUT2D eigenvalue weighted by atomic mass is 19.1.